The van der Waals surface area contributed by atoms with Gasteiger partial charge in [0.05, 0.1) is 16.6 Å². The summed E-state index contributed by atoms with van der Waals surface area (Å²) in [5.74, 6) is 0. The number of hydrogen-bond acceptors (Lipinski definition) is 3. The summed E-state index contributed by atoms with van der Waals surface area (Å²) in [6.45, 7) is 5.77. The minimum atomic E-state index is -0.0559. The highest BCUT2D eigenvalue weighted by molar-refractivity contribution is 6.08. The molecule has 1 aromatic rings. The zero-order chi connectivity index (χ0) is 16.9. The molecule has 1 aromatic carbocycles. The lowest BCUT2D eigenvalue weighted by Crippen LogP contribution is -2.48. The predicted octanol–water partition coefficient (Wildman–Crippen LogP) is 2.77. The number of likely N-dealkylation sites (tertiary alicyclic amines) is 1. The van der Waals surface area contributed by atoms with Crippen molar-refractivity contribution in [3.8, 4) is 0 Å². The fraction of sp³-hybridized carbons (Fsp3) is 0.455. The van der Waals surface area contributed by atoms with Crippen molar-refractivity contribution >= 4 is 11.3 Å². The molecule has 4 aliphatic rings. The van der Waals surface area contributed by atoms with E-state index in [0.717, 1.165) is 44.1 Å². The van der Waals surface area contributed by atoms with E-state index in [-0.39, 0.29) is 5.54 Å². The average Bonchev–Trinajstić information content (AvgIpc) is 3.05. The van der Waals surface area contributed by atoms with Gasteiger partial charge >= 0.3 is 0 Å². The number of rotatable bonds is 2. The number of allylic oxidation sites excluding steroid dienone is 3. The second-order valence-electron chi connectivity index (χ2n) is 7.64. The Morgan fingerprint density at radius 3 is 2.72 bits per heavy atom. The van der Waals surface area contributed by atoms with Gasteiger partial charge in [-0.2, -0.15) is 0 Å². The summed E-state index contributed by atoms with van der Waals surface area (Å²) in [7, 11) is 0. The first kappa shape index (κ1) is 15.3. The molecule has 1 fully saturated rings. The highest BCUT2D eigenvalue weighted by Crippen LogP contribution is 2.45. The Balaban J connectivity index is 1.68. The van der Waals surface area contributed by atoms with Gasteiger partial charge in [0.2, 0.25) is 0 Å². The molecule has 25 heavy (non-hydrogen) atoms. The highest BCUT2D eigenvalue weighted by Gasteiger charge is 2.44. The van der Waals surface area contributed by atoms with E-state index in [1.807, 2.05) is 0 Å². The summed E-state index contributed by atoms with van der Waals surface area (Å²) < 4.78 is 0. The third-order valence-corrected chi connectivity index (χ3v) is 6.11. The number of fused-ring (bicyclic) bond motifs is 4. The third kappa shape index (κ3) is 2.29. The number of hydrogen-bond donors (Lipinski definition) is 0. The SMILES string of the molecule is CCCN1CCC2(CC1)N=C1CC=CCC1=C1N=c3ccccc3=C12. The normalized spacial score (nSPS) is 23.9. The van der Waals surface area contributed by atoms with Gasteiger partial charge in [0, 0.05) is 41.6 Å². The zero-order valence-corrected chi connectivity index (χ0v) is 15.0. The van der Waals surface area contributed by atoms with Crippen LogP contribution in [0.2, 0.25) is 0 Å². The highest BCUT2D eigenvalue weighted by atomic mass is 15.1. The van der Waals surface area contributed by atoms with Crippen LogP contribution in [-0.2, 0) is 0 Å². The van der Waals surface area contributed by atoms with Gasteiger partial charge < -0.3 is 4.90 Å². The molecule has 1 saturated heterocycles. The topological polar surface area (TPSA) is 28.0 Å². The standard InChI is InChI=1S/C22H25N3/c1-2-13-25-14-11-22(12-15-25)20-16-7-3-5-9-18(16)23-21(20)17-8-4-6-10-19(17)24-22/h3-7,9H,2,8,10-15H2,1H3. The van der Waals surface area contributed by atoms with Crippen LogP contribution < -0.4 is 10.6 Å². The maximum Gasteiger partial charge on any atom is 0.0911 e. The lowest BCUT2D eigenvalue weighted by Gasteiger charge is -2.43. The molecule has 0 atom stereocenters. The third-order valence-electron chi connectivity index (χ3n) is 6.11. The molecule has 0 amide bonds. The predicted molar refractivity (Wildman–Crippen MR) is 102 cm³/mol. The fourth-order valence-corrected chi connectivity index (χ4v) is 4.90. The van der Waals surface area contributed by atoms with Crippen molar-refractivity contribution in [2.24, 2.45) is 9.98 Å². The molecule has 0 radical (unpaired) electrons. The van der Waals surface area contributed by atoms with E-state index >= 15 is 0 Å². The Morgan fingerprint density at radius 1 is 1.08 bits per heavy atom. The molecule has 1 spiro atoms. The van der Waals surface area contributed by atoms with E-state index in [1.54, 1.807) is 0 Å². The van der Waals surface area contributed by atoms with Crippen LogP contribution >= 0.6 is 0 Å². The molecule has 3 heterocycles. The number of piperidine rings is 1. The first-order valence-corrected chi connectivity index (χ1v) is 9.69. The molecule has 3 heteroatoms. The van der Waals surface area contributed by atoms with Gasteiger partial charge in [0.1, 0.15) is 0 Å². The van der Waals surface area contributed by atoms with Crippen LogP contribution in [-0.4, -0.2) is 35.8 Å². The van der Waals surface area contributed by atoms with Gasteiger partial charge in [-0.1, -0.05) is 37.3 Å². The Labute approximate surface area is 149 Å². The molecule has 128 valence electrons. The molecular weight excluding hydrogens is 306 g/mol. The van der Waals surface area contributed by atoms with Gasteiger partial charge in [-0.15, -0.1) is 0 Å². The molecule has 0 aromatic heterocycles. The van der Waals surface area contributed by atoms with E-state index in [9.17, 15) is 0 Å². The summed E-state index contributed by atoms with van der Waals surface area (Å²) in [4.78, 5) is 13.1. The minimum absolute atomic E-state index is 0.0559. The van der Waals surface area contributed by atoms with E-state index in [1.165, 1.54) is 40.7 Å². The number of benzene rings is 1. The van der Waals surface area contributed by atoms with Crippen molar-refractivity contribution in [3.05, 3.63) is 58.3 Å². The molecular formula is C22H25N3. The molecule has 1 aliphatic carbocycles. The van der Waals surface area contributed by atoms with Crippen LogP contribution in [0.15, 0.2) is 57.7 Å². The van der Waals surface area contributed by atoms with Crippen molar-refractivity contribution < 1.29 is 0 Å². The summed E-state index contributed by atoms with van der Waals surface area (Å²) in [5.41, 5.74) is 5.28. The van der Waals surface area contributed by atoms with Gasteiger partial charge in [-0.3, -0.25) is 4.99 Å². The number of dihydropyridines is 1. The largest absolute Gasteiger partial charge is 0.303 e. The molecule has 3 nitrogen and oxygen atoms in total. The second kappa shape index (κ2) is 5.77. The molecule has 0 bridgehead atoms. The van der Waals surface area contributed by atoms with Crippen LogP contribution in [0.25, 0.3) is 5.57 Å². The van der Waals surface area contributed by atoms with E-state index in [0.29, 0.717) is 0 Å². The lowest BCUT2D eigenvalue weighted by atomic mass is 9.74. The van der Waals surface area contributed by atoms with Crippen molar-refractivity contribution in [1.29, 1.82) is 0 Å². The molecule has 3 aliphatic heterocycles. The minimum Gasteiger partial charge on any atom is -0.303 e. The van der Waals surface area contributed by atoms with Gasteiger partial charge in [0.25, 0.3) is 0 Å². The van der Waals surface area contributed by atoms with Gasteiger partial charge in [-0.25, -0.2) is 4.99 Å². The van der Waals surface area contributed by atoms with E-state index < -0.39 is 0 Å². The maximum absolute atomic E-state index is 5.41. The van der Waals surface area contributed by atoms with Crippen molar-refractivity contribution in [1.82, 2.24) is 4.90 Å². The molecule has 0 unspecified atom stereocenters. The second-order valence-corrected chi connectivity index (χ2v) is 7.64. The lowest BCUT2D eigenvalue weighted by molar-refractivity contribution is 0.190. The average molecular weight is 331 g/mol. The molecule has 0 saturated carbocycles. The van der Waals surface area contributed by atoms with Gasteiger partial charge in [0.15, 0.2) is 0 Å². The quantitative estimate of drug-likeness (QED) is 0.766. The van der Waals surface area contributed by atoms with Crippen molar-refractivity contribution in [2.45, 2.75) is 44.6 Å². The Hall–Kier alpha value is -2.00. The van der Waals surface area contributed by atoms with E-state index in [4.69, 9.17) is 9.98 Å². The number of aliphatic imine (C=N–C) groups is 1. The molecule has 5 rings (SSSR count). The van der Waals surface area contributed by atoms with E-state index in [2.05, 4.69) is 48.2 Å². The van der Waals surface area contributed by atoms with Crippen LogP contribution in [0.1, 0.15) is 39.0 Å². The Kier molecular flexibility index (Phi) is 3.53. The molecule has 0 N–H and O–H groups in total. The summed E-state index contributed by atoms with van der Waals surface area (Å²) in [6.07, 6.45) is 9.98. The van der Waals surface area contributed by atoms with Crippen LogP contribution in [0, 0.1) is 0 Å². The van der Waals surface area contributed by atoms with Crippen molar-refractivity contribution in [3.63, 3.8) is 0 Å². The summed E-state index contributed by atoms with van der Waals surface area (Å²) >= 11 is 0. The van der Waals surface area contributed by atoms with Crippen molar-refractivity contribution in [2.75, 3.05) is 19.6 Å². The zero-order valence-electron chi connectivity index (χ0n) is 15.0. The van der Waals surface area contributed by atoms with Crippen LogP contribution in [0.4, 0.5) is 0 Å². The van der Waals surface area contributed by atoms with Crippen LogP contribution in [0.5, 0.6) is 0 Å². The summed E-state index contributed by atoms with van der Waals surface area (Å²) in [6, 6.07) is 8.66. The smallest absolute Gasteiger partial charge is 0.0911 e. The monoisotopic (exact) mass is 331 g/mol. The number of para-hydroxylation sites is 1. The van der Waals surface area contributed by atoms with Crippen LogP contribution in [0.3, 0.4) is 0 Å². The Bertz CT molecular complexity index is 924. The first-order chi connectivity index (χ1) is 12.3. The maximum atomic E-state index is 5.41. The first-order valence-electron chi connectivity index (χ1n) is 9.69. The van der Waals surface area contributed by atoms with Gasteiger partial charge in [-0.05, 0) is 38.3 Å². The number of nitrogens with zero attached hydrogens (tertiary/aromatic N) is 3. The fourth-order valence-electron chi connectivity index (χ4n) is 4.90. The summed E-state index contributed by atoms with van der Waals surface area (Å²) in [5, 5.41) is 2.47. The Morgan fingerprint density at radius 2 is 1.88 bits per heavy atom.